The van der Waals surface area contributed by atoms with Crippen LogP contribution >= 0.6 is 21.6 Å². The van der Waals surface area contributed by atoms with Gasteiger partial charge in [0.15, 0.2) is 0 Å². The molecule has 1 aromatic rings. The average molecular weight is 356 g/mol. The molecule has 1 aromatic carbocycles. The fourth-order valence-electron chi connectivity index (χ4n) is 2.43. The molecule has 0 bridgehead atoms. The maximum Gasteiger partial charge on any atom is 0.283 e. The van der Waals surface area contributed by atoms with Crippen molar-refractivity contribution in [3.8, 4) is 0 Å². The number of nitrogens with zero attached hydrogens (tertiary/aromatic N) is 1. The molecule has 0 aliphatic carbocycles. The van der Waals surface area contributed by atoms with Crippen molar-refractivity contribution in [2.45, 2.75) is 76.0 Å². The monoisotopic (exact) mass is 355 g/mol. The fraction of sp³-hybridized carbons (Fsp3) is 0.667. The van der Waals surface area contributed by atoms with Crippen molar-refractivity contribution in [1.29, 1.82) is 0 Å². The SMILES string of the molecule is CCCCCCCCCCCCSSc1ccccc1[N+](=O)[O-]. The molecule has 0 amide bonds. The summed E-state index contributed by atoms with van der Waals surface area (Å²) in [7, 11) is 3.26. The Bertz CT molecular complexity index is 441. The molecule has 0 atom stereocenters. The Hall–Kier alpha value is -0.680. The number of rotatable bonds is 14. The molecule has 0 aliphatic heterocycles. The normalized spacial score (nSPS) is 10.8. The van der Waals surface area contributed by atoms with Gasteiger partial charge < -0.3 is 0 Å². The van der Waals surface area contributed by atoms with Gasteiger partial charge in [-0.05, 0) is 12.5 Å². The molecule has 23 heavy (non-hydrogen) atoms. The predicted octanol–water partition coefficient (Wildman–Crippen LogP) is 7.26. The van der Waals surface area contributed by atoms with Crippen LogP contribution in [0.2, 0.25) is 0 Å². The second kappa shape index (κ2) is 13.7. The first-order valence-corrected chi connectivity index (χ1v) is 11.1. The lowest BCUT2D eigenvalue weighted by Gasteiger charge is -2.03. The third-order valence-corrected chi connectivity index (χ3v) is 6.28. The summed E-state index contributed by atoms with van der Waals surface area (Å²) in [5.41, 5.74) is 0.216. The Balaban J connectivity index is 1.97. The Morgan fingerprint density at radius 1 is 0.913 bits per heavy atom. The van der Waals surface area contributed by atoms with E-state index < -0.39 is 0 Å². The van der Waals surface area contributed by atoms with Crippen LogP contribution in [-0.2, 0) is 0 Å². The molecule has 0 N–H and O–H groups in total. The molecule has 0 spiro atoms. The van der Waals surface area contributed by atoms with E-state index in [2.05, 4.69) is 6.92 Å². The lowest BCUT2D eigenvalue weighted by atomic mass is 10.1. The standard InChI is InChI=1S/C18H29NO2S2/c1-2-3-4-5-6-7-8-9-10-13-16-22-23-18-15-12-11-14-17(18)19(20)21/h11-12,14-15H,2-10,13,16H2,1H3. The molecule has 0 unspecified atom stereocenters. The quantitative estimate of drug-likeness (QED) is 0.152. The molecule has 130 valence electrons. The molecular weight excluding hydrogens is 326 g/mol. The lowest BCUT2D eigenvalue weighted by Crippen LogP contribution is -1.89. The first kappa shape index (κ1) is 20.4. The van der Waals surface area contributed by atoms with Crippen LogP contribution in [0, 0.1) is 10.1 Å². The van der Waals surface area contributed by atoms with Crippen LogP contribution in [0.25, 0.3) is 0 Å². The van der Waals surface area contributed by atoms with Crippen LogP contribution < -0.4 is 0 Å². The Morgan fingerprint density at radius 2 is 1.48 bits per heavy atom. The number of unbranched alkanes of at least 4 members (excludes halogenated alkanes) is 9. The largest absolute Gasteiger partial charge is 0.283 e. The van der Waals surface area contributed by atoms with E-state index in [4.69, 9.17) is 0 Å². The second-order valence-corrected chi connectivity index (χ2v) is 8.27. The van der Waals surface area contributed by atoms with Crippen LogP contribution in [0.1, 0.15) is 71.1 Å². The smallest absolute Gasteiger partial charge is 0.258 e. The van der Waals surface area contributed by atoms with Crippen LogP contribution in [0.4, 0.5) is 5.69 Å². The highest BCUT2D eigenvalue weighted by Crippen LogP contribution is 2.37. The van der Waals surface area contributed by atoms with Gasteiger partial charge in [-0.15, -0.1) is 0 Å². The van der Waals surface area contributed by atoms with E-state index in [1.807, 2.05) is 12.1 Å². The van der Waals surface area contributed by atoms with Crippen molar-refractivity contribution in [1.82, 2.24) is 0 Å². The second-order valence-electron chi connectivity index (χ2n) is 5.81. The molecular formula is C18H29NO2S2. The highest BCUT2D eigenvalue weighted by molar-refractivity contribution is 8.76. The Labute approximate surface area is 148 Å². The fourth-order valence-corrected chi connectivity index (χ4v) is 4.73. The van der Waals surface area contributed by atoms with E-state index in [1.54, 1.807) is 22.9 Å². The van der Waals surface area contributed by atoms with Crippen molar-refractivity contribution in [2.75, 3.05) is 5.75 Å². The summed E-state index contributed by atoms with van der Waals surface area (Å²) in [5.74, 6) is 1.06. The van der Waals surface area contributed by atoms with Gasteiger partial charge in [0.25, 0.3) is 5.69 Å². The van der Waals surface area contributed by atoms with Gasteiger partial charge in [-0.3, -0.25) is 10.1 Å². The minimum absolute atomic E-state index is 0.216. The van der Waals surface area contributed by atoms with Gasteiger partial charge in [0.05, 0.1) is 9.82 Å². The Kier molecular flexibility index (Phi) is 12.2. The minimum Gasteiger partial charge on any atom is -0.258 e. The Morgan fingerprint density at radius 3 is 2.09 bits per heavy atom. The molecule has 0 aromatic heterocycles. The van der Waals surface area contributed by atoms with Crippen LogP contribution in [0.5, 0.6) is 0 Å². The van der Waals surface area contributed by atoms with Gasteiger partial charge in [0.1, 0.15) is 0 Å². The van der Waals surface area contributed by atoms with Gasteiger partial charge in [-0.1, -0.05) is 98.4 Å². The topological polar surface area (TPSA) is 43.1 Å². The first-order valence-electron chi connectivity index (χ1n) is 8.78. The van der Waals surface area contributed by atoms with Gasteiger partial charge in [-0.2, -0.15) is 0 Å². The van der Waals surface area contributed by atoms with E-state index in [1.165, 1.54) is 75.0 Å². The number of benzene rings is 1. The average Bonchev–Trinajstić information content (AvgIpc) is 2.56. The first-order chi connectivity index (χ1) is 11.3. The molecule has 3 nitrogen and oxygen atoms in total. The summed E-state index contributed by atoms with van der Waals surface area (Å²) in [6, 6.07) is 6.98. The number of hydrogen-bond donors (Lipinski definition) is 0. The maximum absolute atomic E-state index is 10.9. The third kappa shape index (κ3) is 9.92. The number of nitro groups is 1. The highest BCUT2D eigenvalue weighted by atomic mass is 33.1. The zero-order valence-electron chi connectivity index (χ0n) is 14.2. The summed E-state index contributed by atoms with van der Waals surface area (Å²) >= 11 is 0. The third-order valence-electron chi connectivity index (χ3n) is 3.79. The predicted molar refractivity (Wildman–Crippen MR) is 103 cm³/mol. The van der Waals surface area contributed by atoms with Gasteiger partial charge in [0, 0.05) is 11.8 Å². The molecule has 0 fully saturated rings. The molecule has 0 saturated heterocycles. The van der Waals surface area contributed by atoms with Crippen LogP contribution in [0.15, 0.2) is 29.2 Å². The summed E-state index contributed by atoms with van der Waals surface area (Å²) in [6.45, 7) is 2.26. The summed E-state index contributed by atoms with van der Waals surface area (Å²) in [4.78, 5) is 11.4. The van der Waals surface area contributed by atoms with Crippen molar-refractivity contribution in [2.24, 2.45) is 0 Å². The van der Waals surface area contributed by atoms with Gasteiger partial charge in [0.2, 0.25) is 0 Å². The zero-order chi connectivity index (χ0) is 16.8. The van der Waals surface area contributed by atoms with Gasteiger partial charge in [-0.25, -0.2) is 0 Å². The van der Waals surface area contributed by atoms with E-state index >= 15 is 0 Å². The van der Waals surface area contributed by atoms with Crippen LogP contribution in [0.3, 0.4) is 0 Å². The zero-order valence-corrected chi connectivity index (χ0v) is 15.8. The number of hydrogen-bond acceptors (Lipinski definition) is 4. The molecule has 0 saturated carbocycles. The van der Waals surface area contributed by atoms with E-state index in [9.17, 15) is 10.1 Å². The van der Waals surface area contributed by atoms with Crippen molar-refractivity contribution in [3.05, 3.63) is 34.4 Å². The highest BCUT2D eigenvalue weighted by Gasteiger charge is 2.12. The van der Waals surface area contributed by atoms with Gasteiger partial charge >= 0.3 is 0 Å². The summed E-state index contributed by atoms with van der Waals surface area (Å²) in [5, 5.41) is 10.9. The van der Waals surface area contributed by atoms with Crippen molar-refractivity contribution in [3.63, 3.8) is 0 Å². The molecule has 0 aliphatic rings. The molecule has 5 heteroatoms. The van der Waals surface area contributed by atoms with E-state index in [0.717, 1.165) is 10.6 Å². The van der Waals surface area contributed by atoms with E-state index in [0.29, 0.717) is 0 Å². The van der Waals surface area contributed by atoms with Crippen molar-refractivity contribution < 1.29 is 4.92 Å². The minimum atomic E-state index is -0.302. The number of para-hydroxylation sites is 1. The number of nitro benzene ring substituents is 1. The molecule has 1 rings (SSSR count). The van der Waals surface area contributed by atoms with E-state index in [-0.39, 0.29) is 10.6 Å². The molecule has 0 heterocycles. The lowest BCUT2D eigenvalue weighted by molar-refractivity contribution is -0.387. The summed E-state index contributed by atoms with van der Waals surface area (Å²) < 4.78 is 0. The summed E-state index contributed by atoms with van der Waals surface area (Å²) in [6.07, 6.45) is 13.4. The van der Waals surface area contributed by atoms with Crippen LogP contribution in [-0.4, -0.2) is 10.7 Å². The molecule has 0 radical (unpaired) electrons. The van der Waals surface area contributed by atoms with Crippen molar-refractivity contribution >= 4 is 27.3 Å². The maximum atomic E-state index is 10.9.